The summed E-state index contributed by atoms with van der Waals surface area (Å²) < 4.78 is 11.8. The normalized spacial score (nSPS) is 14.8. The fraction of sp³-hybridized carbons (Fsp3) is 0.500. The van der Waals surface area contributed by atoms with Gasteiger partial charge >= 0.3 is 0 Å². The van der Waals surface area contributed by atoms with Crippen LogP contribution in [0, 0.1) is 12.8 Å². The molecule has 16 heavy (non-hydrogen) atoms. The highest BCUT2D eigenvalue weighted by Gasteiger charge is 2.09. The van der Waals surface area contributed by atoms with E-state index in [1.54, 1.807) is 0 Å². The van der Waals surface area contributed by atoms with E-state index >= 15 is 0 Å². The van der Waals surface area contributed by atoms with E-state index in [0.717, 1.165) is 11.1 Å². The predicted octanol–water partition coefficient (Wildman–Crippen LogP) is 2.49. The van der Waals surface area contributed by atoms with Gasteiger partial charge in [0.15, 0.2) is 0 Å². The fourth-order valence-electron chi connectivity index (χ4n) is 1.39. The van der Waals surface area contributed by atoms with Gasteiger partial charge in [0, 0.05) is 21.6 Å². The molecule has 0 amide bonds. The van der Waals surface area contributed by atoms with E-state index in [1.807, 2.05) is 32.0 Å². The molecule has 0 saturated carbocycles. The molecule has 1 aromatic rings. The standard InChI is InChI=1S/C12H18ClNOS/c1-9-3-4-11(12(13)5-9)8-16(15)7-10(2)6-14/h3-5,10H,6-8,14H2,1-2H3. The van der Waals surface area contributed by atoms with Crippen LogP contribution in [0.5, 0.6) is 0 Å². The molecule has 0 aliphatic carbocycles. The molecule has 0 radical (unpaired) electrons. The average Bonchev–Trinajstić information content (AvgIpc) is 2.22. The van der Waals surface area contributed by atoms with E-state index < -0.39 is 10.8 Å². The molecule has 1 aromatic carbocycles. The lowest BCUT2D eigenvalue weighted by Crippen LogP contribution is -2.18. The van der Waals surface area contributed by atoms with Crippen molar-refractivity contribution in [1.82, 2.24) is 0 Å². The molecule has 0 fully saturated rings. The summed E-state index contributed by atoms with van der Waals surface area (Å²) in [6.45, 7) is 4.57. The maximum Gasteiger partial charge on any atom is 0.0500 e. The van der Waals surface area contributed by atoms with Gasteiger partial charge in [-0.05, 0) is 36.6 Å². The molecular formula is C12H18ClNOS. The van der Waals surface area contributed by atoms with Crippen LogP contribution >= 0.6 is 11.6 Å². The molecule has 0 aliphatic heterocycles. The van der Waals surface area contributed by atoms with Crippen molar-refractivity contribution in [3.63, 3.8) is 0 Å². The number of hydrogen-bond donors (Lipinski definition) is 1. The Morgan fingerprint density at radius 2 is 2.19 bits per heavy atom. The van der Waals surface area contributed by atoms with Gasteiger partial charge in [-0.15, -0.1) is 0 Å². The van der Waals surface area contributed by atoms with Crippen LogP contribution in [0.4, 0.5) is 0 Å². The molecule has 0 aromatic heterocycles. The maximum absolute atomic E-state index is 11.8. The summed E-state index contributed by atoms with van der Waals surface area (Å²) in [5, 5.41) is 0.703. The lowest BCUT2D eigenvalue weighted by Gasteiger charge is -2.09. The SMILES string of the molecule is Cc1ccc(CS(=O)CC(C)CN)c(Cl)c1. The van der Waals surface area contributed by atoms with Gasteiger partial charge in [-0.1, -0.05) is 30.7 Å². The average molecular weight is 260 g/mol. The van der Waals surface area contributed by atoms with Crippen molar-refractivity contribution in [2.24, 2.45) is 11.7 Å². The Labute approximate surface area is 105 Å². The second kappa shape index (κ2) is 6.38. The van der Waals surface area contributed by atoms with Gasteiger partial charge in [-0.25, -0.2) is 0 Å². The van der Waals surface area contributed by atoms with Crippen molar-refractivity contribution in [2.45, 2.75) is 19.6 Å². The number of nitrogens with two attached hydrogens (primary N) is 1. The molecule has 1 rings (SSSR count). The number of rotatable bonds is 5. The summed E-state index contributed by atoms with van der Waals surface area (Å²) in [5.41, 5.74) is 7.58. The van der Waals surface area contributed by atoms with Crippen molar-refractivity contribution in [3.8, 4) is 0 Å². The van der Waals surface area contributed by atoms with Gasteiger partial charge in [-0.3, -0.25) is 4.21 Å². The largest absolute Gasteiger partial charge is 0.330 e. The van der Waals surface area contributed by atoms with Gasteiger partial charge in [0.2, 0.25) is 0 Å². The van der Waals surface area contributed by atoms with Crippen molar-refractivity contribution in [2.75, 3.05) is 12.3 Å². The van der Waals surface area contributed by atoms with Crippen LogP contribution in [-0.2, 0) is 16.6 Å². The third-order valence-corrected chi connectivity index (χ3v) is 4.32. The summed E-state index contributed by atoms with van der Waals surface area (Å²) >= 11 is 6.08. The summed E-state index contributed by atoms with van der Waals surface area (Å²) in [6.07, 6.45) is 0. The highest BCUT2D eigenvalue weighted by molar-refractivity contribution is 7.84. The third-order valence-electron chi connectivity index (χ3n) is 2.40. The van der Waals surface area contributed by atoms with E-state index in [2.05, 4.69) is 0 Å². The van der Waals surface area contributed by atoms with E-state index in [9.17, 15) is 4.21 Å². The maximum atomic E-state index is 11.8. The number of hydrogen-bond acceptors (Lipinski definition) is 2. The van der Waals surface area contributed by atoms with Crippen LogP contribution in [0.15, 0.2) is 18.2 Å². The van der Waals surface area contributed by atoms with Crippen LogP contribution in [0.1, 0.15) is 18.1 Å². The Bertz CT molecular complexity index is 381. The second-order valence-corrected chi connectivity index (χ2v) is 6.10. The first kappa shape index (κ1) is 13.7. The Hall–Kier alpha value is -0.380. The van der Waals surface area contributed by atoms with Gasteiger partial charge in [-0.2, -0.15) is 0 Å². The smallest absolute Gasteiger partial charge is 0.0500 e. The molecule has 0 bridgehead atoms. The highest BCUT2D eigenvalue weighted by Crippen LogP contribution is 2.19. The van der Waals surface area contributed by atoms with Gasteiger partial charge in [0.1, 0.15) is 0 Å². The zero-order valence-electron chi connectivity index (χ0n) is 9.70. The molecule has 0 saturated heterocycles. The molecule has 0 spiro atoms. The molecule has 2 unspecified atom stereocenters. The minimum atomic E-state index is -0.882. The fourth-order valence-corrected chi connectivity index (χ4v) is 3.26. The van der Waals surface area contributed by atoms with Crippen molar-refractivity contribution >= 4 is 22.4 Å². The molecule has 0 aliphatic rings. The first-order valence-electron chi connectivity index (χ1n) is 5.33. The number of halogens is 1. The quantitative estimate of drug-likeness (QED) is 0.883. The first-order valence-corrected chi connectivity index (χ1v) is 7.19. The van der Waals surface area contributed by atoms with Crippen molar-refractivity contribution in [3.05, 3.63) is 34.3 Å². The van der Waals surface area contributed by atoms with Gasteiger partial charge in [0.05, 0.1) is 5.75 Å². The molecule has 2 atom stereocenters. The Morgan fingerprint density at radius 1 is 1.50 bits per heavy atom. The minimum absolute atomic E-state index is 0.296. The summed E-state index contributed by atoms with van der Waals surface area (Å²) in [7, 11) is -0.882. The lowest BCUT2D eigenvalue weighted by molar-refractivity contribution is 0.640. The Balaban J connectivity index is 2.63. The monoisotopic (exact) mass is 259 g/mol. The highest BCUT2D eigenvalue weighted by atomic mass is 35.5. The predicted molar refractivity (Wildman–Crippen MR) is 71.1 cm³/mol. The van der Waals surface area contributed by atoms with Crippen molar-refractivity contribution < 1.29 is 4.21 Å². The van der Waals surface area contributed by atoms with E-state index in [0.29, 0.717) is 29.0 Å². The molecule has 90 valence electrons. The lowest BCUT2D eigenvalue weighted by atomic mass is 10.2. The summed E-state index contributed by atoms with van der Waals surface area (Å²) in [6, 6.07) is 5.84. The molecule has 2 N–H and O–H groups in total. The number of benzene rings is 1. The molecule has 2 nitrogen and oxygen atoms in total. The van der Waals surface area contributed by atoms with Crippen LogP contribution in [0.3, 0.4) is 0 Å². The van der Waals surface area contributed by atoms with Crippen LogP contribution in [-0.4, -0.2) is 16.5 Å². The molecule has 4 heteroatoms. The first-order chi connectivity index (χ1) is 7.52. The summed E-state index contributed by atoms with van der Waals surface area (Å²) in [5.74, 6) is 1.45. The number of aryl methyl sites for hydroxylation is 1. The van der Waals surface area contributed by atoms with Crippen LogP contribution in [0.2, 0.25) is 5.02 Å². The Kier molecular flexibility index (Phi) is 5.46. The zero-order valence-corrected chi connectivity index (χ0v) is 11.3. The Morgan fingerprint density at radius 3 is 2.75 bits per heavy atom. The topological polar surface area (TPSA) is 43.1 Å². The van der Waals surface area contributed by atoms with Crippen LogP contribution in [0.25, 0.3) is 0 Å². The van der Waals surface area contributed by atoms with Gasteiger partial charge in [0.25, 0.3) is 0 Å². The minimum Gasteiger partial charge on any atom is -0.330 e. The van der Waals surface area contributed by atoms with E-state index in [4.69, 9.17) is 17.3 Å². The summed E-state index contributed by atoms with van der Waals surface area (Å²) in [4.78, 5) is 0. The van der Waals surface area contributed by atoms with Crippen LogP contribution < -0.4 is 5.73 Å². The molecular weight excluding hydrogens is 242 g/mol. The second-order valence-electron chi connectivity index (χ2n) is 4.19. The van der Waals surface area contributed by atoms with Crippen molar-refractivity contribution in [1.29, 1.82) is 0 Å². The van der Waals surface area contributed by atoms with E-state index in [1.165, 1.54) is 0 Å². The third kappa shape index (κ3) is 4.24. The van der Waals surface area contributed by atoms with Gasteiger partial charge < -0.3 is 5.73 Å². The zero-order chi connectivity index (χ0) is 12.1. The molecule has 0 heterocycles. The van der Waals surface area contributed by atoms with E-state index in [-0.39, 0.29) is 0 Å².